The normalized spacial score (nSPS) is 38.5. The number of aromatic carboxylic acids is 1. The fourth-order valence-electron chi connectivity index (χ4n) is 13.0. The lowest BCUT2D eigenvalue weighted by atomic mass is 9.32. The van der Waals surface area contributed by atoms with Crippen LogP contribution in [0.5, 0.6) is 0 Å². The summed E-state index contributed by atoms with van der Waals surface area (Å²) in [5.74, 6) is 1.80. The SMILES string of the molecule is CC1(C)C(c2ccc(C(=O)O)cc2)=CC[C@]2(C)[C@H]3CC[C@@H]4[C@H]5CCC[C@]5(C(=O)NCCNc5ccccc5)CC[C@@]4(C)[C@]3(C)CC[C@@H]12. The molecule has 5 aliphatic carbocycles. The molecule has 4 saturated carbocycles. The molecule has 5 nitrogen and oxygen atoms in total. The second kappa shape index (κ2) is 11.5. The lowest BCUT2D eigenvalue weighted by molar-refractivity contribution is -0.222. The van der Waals surface area contributed by atoms with Crippen molar-refractivity contribution in [1.82, 2.24) is 5.32 Å². The highest BCUT2D eigenvalue weighted by Crippen LogP contribution is 2.77. The molecule has 5 heteroatoms. The Morgan fingerprint density at radius 1 is 0.766 bits per heavy atom. The number of anilines is 1. The number of carbonyl (C=O) groups is 2. The molecule has 5 aliphatic rings. The molecule has 7 rings (SSSR count). The Kier molecular flexibility index (Phi) is 7.96. The first-order valence-electron chi connectivity index (χ1n) is 18.5. The van der Waals surface area contributed by atoms with Crippen LogP contribution in [-0.2, 0) is 4.79 Å². The monoisotopic (exact) mass is 636 g/mol. The molecule has 8 atom stereocenters. The quantitative estimate of drug-likeness (QED) is 0.265. The number of hydrogen-bond acceptors (Lipinski definition) is 3. The zero-order valence-corrected chi connectivity index (χ0v) is 29.3. The molecule has 1 amide bonds. The highest BCUT2D eigenvalue weighted by Gasteiger charge is 2.70. The van der Waals surface area contributed by atoms with Crippen LogP contribution >= 0.6 is 0 Å². The predicted octanol–water partition coefficient (Wildman–Crippen LogP) is 9.46. The van der Waals surface area contributed by atoms with Crippen LogP contribution in [-0.4, -0.2) is 30.1 Å². The van der Waals surface area contributed by atoms with Gasteiger partial charge in [0.15, 0.2) is 0 Å². The fourth-order valence-corrected chi connectivity index (χ4v) is 13.0. The average molecular weight is 637 g/mol. The van der Waals surface area contributed by atoms with E-state index >= 15 is 0 Å². The van der Waals surface area contributed by atoms with Gasteiger partial charge in [0.2, 0.25) is 5.91 Å². The minimum absolute atomic E-state index is 0.0114. The molecule has 2 aromatic carbocycles. The van der Waals surface area contributed by atoms with Crippen molar-refractivity contribution >= 4 is 23.1 Å². The summed E-state index contributed by atoms with van der Waals surface area (Å²) in [7, 11) is 0. The number of carboxylic acid groups (broad SMARTS) is 1. The molecule has 0 saturated heterocycles. The van der Waals surface area contributed by atoms with Gasteiger partial charge in [-0.2, -0.15) is 0 Å². The number of carboxylic acids is 1. The standard InChI is InChI=1S/C42H56N2O3/c1-38(2)31(28-13-15-29(16-14-28)36(45)46)19-22-39(3)34(38)20-23-41(5)35(39)18-17-32-33-12-9-21-42(33,25-24-40(32,41)4)37(47)44-27-26-43-30-10-7-6-8-11-30/h6-8,10-11,13-16,19,32-35,43H,9,12,17-18,20-27H2,1-5H3,(H,44,47)(H,45,46)/t32-,33-,34+,35-,39+,40-,41-,42+/m1/s1. The van der Waals surface area contributed by atoms with E-state index in [-0.39, 0.29) is 27.1 Å². The first kappa shape index (κ1) is 32.5. The van der Waals surface area contributed by atoms with E-state index in [1.54, 1.807) is 12.1 Å². The molecule has 2 aromatic rings. The van der Waals surface area contributed by atoms with Gasteiger partial charge >= 0.3 is 5.97 Å². The number of fused-ring (bicyclic) bond motifs is 7. The number of benzene rings is 2. The van der Waals surface area contributed by atoms with Crippen LogP contribution < -0.4 is 10.6 Å². The number of carbonyl (C=O) groups excluding carboxylic acids is 1. The summed E-state index contributed by atoms with van der Waals surface area (Å²) in [5.41, 5.74) is 4.56. The van der Waals surface area contributed by atoms with Crippen molar-refractivity contribution in [1.29, 1.82) is 0 Å². The third-order valence-corrected chi connectivity index (χ3v) is 15.3. The van der Waals surface area contributed by atoms with Crippen molar-refractivity contribution in [3.63, 3.8) is 0 Å². The van der Waals surface area contributed by atoms with Crippen molar-refractivity contribution < 1.29 is 14.7 Å². The third kappa shape index (κ3) is 4.83. The number of para-hydroxylation sites is 1. The molecule has 0 aliphatic heterocycles. The Morgan fingerprint density at radius 2 is 1.51 bits per heavy atom. The summed E-state index contributed by atoms with van der Waals surface area (Å²) >= 11 is 0. The van der Waals surface area contributed by atoms with E-state index in [1.807, 2.05) is 30.3 Å². The van der Waals surface area contributed by atoms with Crippen LogP contribution in [0.4, 0.5) is 5.69 Å². The summed E-state index contributed by atoms with van der Waals surface area (Å²) in [6.07, 6.45) is 14.3. The summed E-state index contributed by atoms with van der Waals surface area (Å²) < 4.78 is 0. The van der Waals surface area contributed by atoms with Gasteiger partial charge in [0, 0.05) is 18.8 Å². The Bertz CT molecular complexity index is 1550. The molecule has 4 fully saturated rings. The lowest BCUT2D eigenvalue weighted by Gasteiger charge is -2.72. The zero-order chi connectivity index (χ0) is 33.2. The molecular weight excluding hydrogens is 580 g/mol. The highest BCUT2D eigenvalue weighted by molar-refractivity contribution is 5.88. The van der Waals surface area contributed by atoms with Gasteiger partial charge in [-0.1, -0.05) is 77.4 Å². The highest BCUT2D eigenvalue weighted by atomic mass is 16.4. The predicted molar refractivity (Wildman–Crippen MR) is 190 cm³/mol. The van der Waals surface area contributed by atoms with Crippen molar-refractivity contribution in [3.8, 4) is 0 Å². The van der Waals surface area contributed by atoms with Crippen molar-refractivity contribution in [3.05, 3.63) is 71.8 Å². The molecule has 0 unspecified atom stereocenters. The van der Waals surface area contributed by atoms with Crippen LogP contribution in [0.25, 0.3) is 5.57 Å². The maximum Gasteiger partial charge on any atom is 0.335 e. The number of nitrogens with one attached hydrogen (secondary N) is 2. The van der Waals surface area contributed by atoms with Gasteiger partial charge in [-0.3, -0.25) is 4.79 Å². The summed E-state index contributed by atoms with van der Waals surface area (Å²) in [6.45, 7) is 14.2. The Labute approximate surface area is 282 Å². The second-order valence-corrected chi connectivity index (χ2v) is 17.3. The number of hydrogen-bond donors (Lipinski definition) is 3. The smallest absolute Gasteiger partial charge is 0.335 e. The van der Waals surface area contributed by atoms with Gasteiger partial charge in [-0.25, -0.2) is 4.79 Å². The average Bonchev–Trinajstić information content (AvgIpc) is 3.49. The van der Waals surface area contributed by atoms with E-state index in [4.69, 9.17) is 0 Å². The van der Waals surface area contributed by atoms with Crippen molar-refractivity contribution in [2.24, 2.45) is 50.7 Å². The van der Waals surface area contributed by atoms with Gasteiger partial charge < -0.3 is 15.7 Å². The van der Waals surface area contributed by atoms with Crippen LogP contribution in [0.3, 0.4) is 0 Å². The van der Waals surface area contributed by atoms with E-state index in [2.05, 4.69) is 63.5 Å². The summed E-state index contributed by atoms with van der Waals surface area (Å²) in [5, 5.41) is 16.3. The Balaban J connectivity index is 1.10. The molecule has 0 radical (unpaired) electrons. The topological polar surface area (TPSA) is 78.4 Å². The van der Waals surface area contributed by atoms with Crippen molar-refractivity contribution in [2.75, 3.05) is 18.4 Å². The van der Waals surface area contributed by atoms with Crippen molar-refractivity contribution in [2.45, 2.75) is 98.8 Å². The summed E-state index contributed by atoms with van der Waals surface area (Å²) in [6, 6.07) is 17.8. The summed E-state index contributed by atoms with van der Waals surface area (Å²) in [4.78, 5) is 25.6. The van der Waals surface area contributed by atoms with Gasteiger partial charge in [-0.05, 0) is 139 Å². The minimum Gasteiger partial charge on any atom is -0.478 e. The first-order chi connectivity index (χ1) is 22.4. The first-order valence-corrected chi connectivity index (χ1v) is 18.5. The molecule has 0 spiro atoms. The van der Waals surface area contributed by atoms with E-state index in [0.29, 0.717) is 41.7 Å². The van der Waals surface area contributed by atoms with Gasteiger partial charge in [0.1, 0.15) is 0 Å². The Hall–Kier alpha value is -3.08. The molecule has 47 heavy (non-hydrogen) atoms. The maximum absolute atomic E-state index is 14.1. The van der Waals surface area contributed by atoms with E-state index in [1.165, 1.54) is 49.7 Å². The van der Waals surface area contributed by atoms with E-state index < -0.39 is 5.97 Å². The van der Waals surface area contributed by atoms with Crippen LogP contribution in [0.2, 0.25) is 0 Å². The molecule has 0 heterocycles. The molecule has 3 N–H and O–H groups in total. The van der Waals surface area contributed by atoms with E-state index in [9.17, 15) is 14.7 Å². The van der Waals surface area contributed by atoms with Crippen LogP contribution in [0.15, 0.2) is 60.7 Å². The molecular formula is C42H56N2O3. The fraction of sp³-hybridized carbons (Fsp3) is 0.619. The zero-order valence-electron chi connectivity index (χ0n) is 29.3. The number of amides is 1. The minimum atomic E-state index is -0.869. The lowest BCUT2D eigenvalue weighted by Crippen LogP contribution is -2.65. The number of rotatable bonds is 7. The molecule has 0 aromatic heterocycles. The largest absolute Gasteiger partial charge is 0.478 e. The third-order valence-electron chi connectivity index (χ3n) is 15.3. The molecule has 252 valence electrons. The second-order valence-electron chi connectivity index (χ2n) is 17.3. The van der Waals surface area contributed by atoms with Gasteiger partial charge in [0.05, 0.1) is 11.0 Å². The molecule has 0 bridgehead atoms. The maximum atomic E-state index is 14.1. The van der Waals surface area contributed by atoms with Gasteiger partial charge in [0.25, 0.3) is 0 Å². The van der Waals surface area contributed by atoms with Gasteiger partial charge in [-0.15, -0.1) is 0 Å². The van der Waals surface area contributed by atoms with Crippen LogP contribution in [0.1, 0.15) is 115 Å². The van der Waals surface area contributed by atoms with Crippen LogP contribution in [0, 0.1) is 50.7 Å². The van der Waals surface area contributed by atoms with E-state index in [0.717, 1.165) is 37.9 Å². The Morgan fingerprint density at radius 3 is 2.23 bits per heavy atom. The number of allylic oxidation sites excluding steroid dienone is 2.